The minimum atomic E-state index is -0.116. The van der Waals surface area contributed by atoms with Crippen LogP contribution in [0.1, 0.15) is 64.0 Å². The molecule has 0 unspecified atom stereocenters. The predicted octanol–water partition coefficient (Wildman–Crippen LogP) is 4.64. The van der Waals surface area contributed by atoms with Crippen molar-refractivity contribution >= 4 is 34.5 Å². The molecule has 3 rings (SSSR count). The lowest BCUT2D eigenvalue weighted by atomic mass is 10.3. The second-order valence-corrected chi connectivity index (χ2v) is 8.96. The molecule has 0 radical (unpaired) electrons. The Balaban J connectivity index is 1.66. The minimum absolute atomic E-state index is 0.0693. The summed E-state index contributed by atoms with van der Waals surface area (Å²) >= 11 is 2.96. The van der Waals surface area contributed by atoms with E-state index in [2.05, 4.69) is 28.7 Å². The molecule has 8 heteroatoms. The number of thiazole rings is 1. The lowest BCUT2D eigenvalue weighted by Gasteiger charge is -2.22. The quantitative estimate of drug-likeness (QED) is 0.438. The van der Waals surface area contributed by atoms with Crippen LogP contribution in [0.3, 0.4) is 0 Å². The maximum atomic E-state index is 12.9. The maximum Gasteiger partial charge on any atom is 0.270 e. The Labute approximate surface area is 185 Å². The van der Waals surface area contributed by atoms with Gasteiger partial charge < -0.3 is 14.8 Å². The zero-order chi connectivity index (χ0) is 21.3. The summed E-state index contributed by atoms with van der Waals surface area (Å²) in [6.45, 7) is 6.69. The zero-order valence-electron chi connectivity index (χ0n) is 17.5. The molecule has 0 aliphatic carbocycles. The van der Waals surface area contributed by atoms with E-state index in [1.807, 2.05) is 46.1 Å². The highest BCUT2D eigenvalue weighted by atomic mass is 32.1. The molecule has 2 amide bonds. The Morgan fingerprint density at radius 3 is 2.77 bits per heavy atom. The summed E-state index contributed by atoms with van der Waals surface area (Å²) in [6.07, 6.45) is 4.91. The molecule has 6 nitrogen and oxygen atoms in total. The summed E-state index contributed by atoms with van der Waals surface area (Å²) in [6, 6.07) is 7.80. The third-order valence-corrected chi connectivity index (χ3v) is 6.39. The molecule has 0 saturated carbocycles. The zero-order valence-corrected chi connectivity index (χ0v) is 19.1. The van der Waals surface area contributed by atoms with Crippen LogP contribution in [0.5, 0.6) is 0 Å². The van der Waals surface area contributed by atoms with E-state index < -0.39 is 0 Å². The summed E-state index contributed by atoms with van der Waals surface area (Å²) in [5.41, 5.74) is 1.53. The van der Waals surface area contributed by atoms with Crippen molar-refractivity contribution in [2.45, 2.75) is 46.2 Å². The molecule has 0 bridgehead atoms. The van der Waals surface area contributed by atoms with E-state index in [1.54, 1.807) is 0 Å². The van der Waals surface area contributed by atoms with Gasteiger partial charge in [0, 0.05) is 30.4 Å². The summed E-state index contributed by atoms with van der Waals surface area (Å²) in [4.78, 5) is 32.2. The van der Waals surface area contributed by atoms with Gasteiger partial charge in [0.15, 0.2) is 0 Å². The Bertz CT molecular complexity index is 946. The largest absolute Gasteiger partial charge is 0.351 e. The van der Waals surface area contributed by atoms with Crippen LogP contribution < -0.4 is 5.32 Å². The Hall–Kier alpha value is -2.45. The van der Waals surface area contributed by atoms with Crippen molar-refractivity contribution in [3.8, 4) is 0 Å². The Kier molecular flexibility index (Phi) is 8.21. The summed E-state index contributed by atoms with van der Waals surface area (Å²) in [5, 5.41) is 7.52. The van der Waals surface area contributed by atoms with Crippen LogP contribution >= 0.6 is 22.7 Å². The number of rotatable bonds is 11. The van der Waals surface area contributed by atoms with Gasteiger partial charge in [0.2, 0.25) is 0 Å². The number of carbonyl (C=O) groups excluding carboxylic acids is 2. The van der Waals surface area contributed by atoms with Crippen molar-refractivity contribution in [1.29, 1.82) is 0 Å². The van der Waals surface area contributed by atoms with Gasteiger partial charge in [-0.15, -0.1) is 22.7 Å². The summed E-state index contributed by atoms with van der Waals surface area (Å²) < 4.78 is 2.10. The fraction of sp³-hybridized carbons (Fsp3) is 0.409. The van der Waals surface area contributed by atoms with Crippen molar-refractivity contribution < 1.29 is 9.59 Å². The first-order chi connectivity index (χ1) is 14.6. The first-order valence-electron chi connectivity index (χ1n) is 10.3. The molecule has 3 heterocycles. The fourth-order valence-corrected chi connectivity index (χ4v) is 4.59. The second kappa shape index (κ2) is 11.1. The number of nitrogens with zero attached hydrogens (tertiary/aromatic N) is 3. The molecule has 3 aromatic rings. The molecule has 0 aliphatic rings. The standard InChI is InChI=1S/C22H28N4O2S2/c1-3-5-10-23-21(27)18-16-30-20(24-18)15-25-12-6-8-17(25)14-26(11-4-2)22(28)19-9-7-13-29-19/h6-9,12-13,16H,3-5,10-11,14-15H2,1-2H3,(H,23,27). The third-order valence-electron chi connectivity index (χ3n) is 4.69. The van der Waals surface area contributed by atoms with Crippen LogP contribution in [-0.2, 0) is 13.1 Å². The maximum absolute atomic E-state index is 12.9. The normalized spacial score (nSPS) is 10.9. The SMILES string of the molecule is CCCCNC(=O)c1csc(Cn2cccc2CN(CCC)C(=O)c2cccs2)n1. The van der Waals surface area contributed by atoms with Crippen LogP contribution in [0, 0.1) is 0 Å². The van der Waals surface area contributed by atoms with Gasteiger partial charge in [0.05, 0.1) is 18.0 Å². The van der Waals surface area contributed by atoms with Gasteiger partial charge in [-0.2, -0.15) is 0 Å². The topological polar surface area (TPSA) is 67.2 Å². The number of carbonyl (C=O) groups is 2. The van der Waals surface area contributed by atoms with Gasteiger partial charge >= 0.3 is 0 Å². The molecule has 0 saturated heterocycles. The van der Waals surface area contributed by atoms with Gasteiger partial charge in [-0.05, 0) is 36.4 Å². The lowest BCUT2D eigenvalue weighted by molar-refractivity contribution is 0.0744. The van der Waals surface area contributed by atoms with Crippen molar-refractivity contribution in [3.05, 3.63) is 62.5 Å². The molecule has 0 atom stereocenters. The van der Waals surface area contributed by atoms with Crippen molar-refractivity contribution in [2.75, 3.05) is 13.1 Å². The highest BCUT2D eigenvalue weighted by Gasteiger charge is 2.18. The molecule has 0 spiro atoms. The summed E-state index contributed by atoms with van der Waals surface area (Å²) in [5.74, 6) is -0.0470. The van der Waals surface area contributed by atoms with Gasteiger partial charge in [0.25, 0.3) is 11.8 Å². The molecule has 0 fully saturated rings. The van der Waals surface area contributed by atoms with E-state index in [-0.39, 0.29) is 11.8 Å². The number of nitrogens with one attached hydrogen (secondary N) is 1. The van der Waals surface area contributed by atoms with E-state index in [4.69, 9.17) is 0 Å². The minimum Gasteiger partial charge on any atom is -0.351 e. The fourth-order valence-electron chi connectivity index (χ4n) is 3.12. The van der Waals surface area contributed by atoms with Crippen molar-refractivity contribution in [3.63, 3.8) is 0 Å². The average Bonchev–Trinajstić information content (AvgIpc) is 3.50. The number of unbranched alkanes of at least 4 members (excludes halogenated alkanes) is 1. The highest BCUT2D eigenvalue weighted by Crippen LogP contribution is 2.18. The van der Waals surface area contributed by atoms with Crippen molar-refractivity contribution in [1.82, 2.24) is 19.8 Å². The monoisotopic (exact) mass is 444 g/mol. The van der Waals surface area contributed by atoms with E-state index in [9.17, 15) is 9.59 Å². The van der Waals surface area contributed by atoms with Crippen LogP contribution in [0.15, 0.2) is 41.2 Å². The van der Waals surface area contributed by atoms with Crippen LogP contribution in [0.4, 0.5) is 0 Å². The van der Waals surface area contributed by atoms with E-state index in [0.717, 1.165) is 34.8 Å². The first-order valence-corrected chi connectivity index (χ1v) is 12.1. The van der Waals surface area contributed by atoms with Gasteiger partial charge in [-0.1, -0.05) is 26.3 Å². The predicted molar refractivity (Wildman–Crippen MR) is 122 cm³/mol. The Morgan fingerprint density at radius 1 is 1.17 bits per heavy atom. The second-order valence-electron chi connectivity index (χ2n) is 7.07. The molecule has 30 heavy (non-hydrogen) atoms. The van der Waals surface area contributed by atoms with Crippen LogP contribution in [0.25, 0.3) is 0 Å². The van der Waals surface area contributed by atoms with E-state index >= 15 is 0 Å². The van der Waals surface area contributed by atoms with Crippen molar-refractivity contribution in [2.24, 2.45) is 0 Å². The molecular formula is C22H28N4O2S2. The molecule has 3 aromatic heterocycles. The molecule has 0 aliphatic heterocycles. The van der Waals surface area contributed by atoms with Gasteiger partial charge in [-0.25, -0.2) is 4.98 Å². The van der Waals surface area contributed by atoms with Crippen LogP contribution in [-0.4, -0.2) is 39.4 Å². The molecule has 160 valence electrons. The number of amides is 2. The summed E-state index contributed by atoms with van der Waals surface area (Å²) in [7, 11) is 0. The van der Waals surface area contributed by atoms with Gasteiger partial charge in [-0.3, -0.25) is 9.59 Å². The van der Waals surface area contributed by atoms with E-state index in [1.165, 1.54) is 22.7 Å². The number of aromatic nitrogens is 2. The number of hydrogen-bond donors (Lipinski definition) is 1. The molecule has 0 aromatic carbocycles. The highest BCUT2D eigenvalue weighted by molar-refractivity contribution is 7.12. The van der Waals surface area contributed by atoms with E-state index in [0.29, 0.717) is 31.9 Å². The average molecular weight is 445 g/mol. The first kappa shape index (κ1) is 22.2. The molecule has 1 N–H and O–H groups in total. The number of thiophene rings is 1. The van der Waals surface area contributed by atoms with Crippen LogP contribution in [0.2, 0.25) is 0 Å². The van der Waals surface area contributed by atoms with Gasteiger partial charge in [0.1, 0.15) is 10.7 Å². The smallest absolute Gasteiger partial charge is 0.270 e. The molecular weight excluding hydrogens is 416 g/mol. The lowest BCUT2D eigenvalue weighted by Crippen LogP contribution is -2.31. The third kappa shape index (κ3) is 5.79. The number of hydrogen-bond acceptors (Lipinski definition) is 5. The Morgan fingerprint density at radius 2 is 2.03 bits per heavy atom.